The topological polar surface area (TPSA) is 24.9 Å². The maximum Gasteiger partial charge on any atom is 0.141 e. The number of pyridine rings is 1. The Labute approximate surface area is 77.2 Å². The summed E-state index contributed by atoms with van der Waals surface area (Å²) in [6.07, 6.45) is 8.57. The first-order chi connectivity index (χ1) is 6.33. The van der Waals surface area contributed by atoms with Crippen LogP contribution in [0.1, 0.15) is 12.0 Å². The number of nitrogens with zero attached hydrogens (tertiary/aromatic N) is 1. The summed E-state index contributed by atoms with van der Waals surface area (Å²) >= 11 is 0. The minimum absolute atomic E-state index is 0.309. The van der Waals surface area contributed by atoms with Crippen molar-refractivity contribution in [1.29, 1.82) is 0 Å². The maximum atomic E-state index is 12.6. The van der Waals surface area contributed by atoms with Crippen LogP contribution in [-0.2, 0) is 6.54 Å². The van der Waals surface area contributed by atoms with Crippen molar-refractivity contribution >= 4 is 0 Å². The number of nitrogens with one attached hydrogen (secondary N) is 1. The minimum atomic E-state index is -0.309. The highest BCUT2D eigenvalue weighted by molar-refractivity contribution is 5.09. The second-order valence-corrected chi connectivity index (χ2v) is 2.64. The Hall–Kier alpha value is -1.40. The molecule has 0 saturated carbocycles. The van der Waals surface area contributed by atoms with Crippen LogP contribution in [0.3, 0.4) is 0 Å². The molecule has 0 radical (unpaired) electrons. The zero-order valence-corrected chi connectivity index (χ0v) is 7.26. The quantitative estimate of drug-likeness (QED) is 0.556. The molecule has 0 aliphatic rings. The number of halogens is 1. The van der Waals surface area contributed by atoms with E-state index < -0.39 is 0 Å². The fourth-order valence-corrected chi connectivity index (χ4v) is 0.946. The van der Waals surface area contributed by atoms with Crippen LogP contribution >= 0.6 is 0 Å². The summed E-state index contributed by atoms with van der Waals surface area (Å²) in [4.78, 5) is 3.73. The molecule has 1 aromatic heterocycles. The number of hydrogen-bond donors (Lipinski definition) is 1. The first-order valence-electron chi connectivity index (χ1n) is 4.06. The number of aromatic nitrogens is 1. The first kappa shape index (κ1) is 9.69. The van der Waals surface area contributed by atoms with Gasteiger partial charge in [-0.3, -0.25) is 4.98 Å². The average molecular weight is 178 g/mol. The van der Waals surface area contributed by atoms with Gasteiger partial charge in [-0.1, -0.05) is 0 Å². The lowest BCUT2D eigenvalue weighted by Gasteiger charge is -2.01. The fourth-order valence-electron chi connectivity index (χ4n) is 0.946. The Morgan fingerprint density at radius 3 is 3.08 bits per heavy atom. The Kier molecular flexibility index (Phi) is 3.94. The van der Waals surface area contributed by atoms with Crippen LogP contribution in [0.2, 0.25) is 0 Å². The lowest BCUT2D eigenvalue weighted by atomic mass is 10.3. The van der Waals surface area contributed by atoms with Crippen LogP contribution in [0.5, 0.6) is 0 Å². The van der Waals surface area contributed by atoms with Crippen LogP contribution in [0.4, 0.5) is 4.39 Å². The smallest absolute Gasteiger partial charge is 0.141 e. The van der Waals surface area contributed by atoms with Crippen molar-refractivity contribution in [3.63, 3.8) is 0 Å². The summed E-state index contributed by atoms with van der Waals surface area (Å²) < 4.78 is 12.6. The van der Waals surface area contributed by atoms with Gasteiger partial charge in [0.05, 0.1) is 6.20 Å². The third kappa shape index (κ3) is 3.68. The Morgan fingerprint density at radius 1 is 1.54 bits per heavy atom. The van der Waals surface area contributed by atoms with Gasteiger partial charge in [-0.05, 0) is 11.6 Å². The second kappa shape index (κ2) is 5.28. The number of terminal acetylenes is 1. The van der Waals surface area contributed by atoms with E-state index in [1.165, 1.54) is 12.3 Å². The van der Waals surface area contributed by atoms with Crippen LogP contribution < -0.4 is 5.32 Å². The number of hydrogen-bond acceptors (Lipinski definition) is 2. The van der Waals surface area contributed by atoms with Crippen molar-refractivity contribution in [2.75, 3.05) is 6.54 Å². The van der Waals surface area contributed by atoms with Gasteiger partial charge in [0, 0.05) is 25.7 Å². The monoisotopic (exact) mass is 178 g/mol. The molecule has 0 aliphatic carbocycles. The standard InChI is InChI=1S/C10H11FN2/c1-2-3-4-12-6-9-5-10(11)8-13-7-9/h1,5,7-8,12H,3-4,6H2. The molecule has 0 fully saturated rings. The van der Waals surface area contributed by atoms with Gasteiger partial charge >= 0.3 is 0 Å². The van der Waals surface area contributed by atoms with E-state index >= 15 is 0 Å². The maximum absolute atomic E-state index is 12.6. The molecule has 0 atom stereocenters. The molecule has 2 nitrogen and oxygen atoms in total. The van der Waals surface area contributed by atoms with Gasteiger partial charge in [0.25, 0.3) is 0 Å². The van der Waals surface area contributed by atoms with Gasteiger partial charge in [-0.25, -0.2) is 4.39 Å². The van der Waals surface area contributed by atoms with E-state index in [0.717, 1.165) is 12.1 Å². The van der Waals surface area contributed by atoms with Crippen molar-refractivity contribution in [3.8, 4) is 12.3 Å². The minimum Gasteiger partial charge on any atom is -0.312 e. The molecule has 68 valence electrons. The molecule has 13 heavy (non-hydrogen) atoms. The van der Waals surface area contributed by atoms with Crippen molar-refractivity contribution in [2.45, 2.75) is 13.0 Å². The van der Waals surface area contributed by atoms with Gasteiger partial charge in [0.1, 0.15) is 5.82 Å². The molecular weight excluding hydrogens is 167 g/mol. The zero-order valence-electron chi connectivity index (χ0n) is 7.26. The summed E-state index contributed by atoms with van der Waals surface area (Å²) in [5, 5.41) is 3.08. The summed E-state index contributed by atoms with van der Waals surface area (Å²) in [6, 6.07) is 1.45. The predicted octanol–water partition coefficient (Wildman–Crippen LogP) is 1.33. The SMILES string of the molecule is C#CCCNCc1cncc(F)c1. The highest BCUT2D eigenvalue weighted by Gasteiger charge is 1.94. The Morgan fingerprint density at radius 2 is 2.38 bits per heavy atom. The lowest BCUT2D eigenvalue weighted by Crippen LogP contribution is -2.14. The Bertz CT molecular complexity index is 304. The van der Waals surface area contributed by atoms with E-state index in [0.29, 0.717) is 13.0 Å². The molecule has 0 aliphatic heterocycles. The lowest BCUT2D eigenvalue weighted by molar-refractivity contribution is 0.613. The zero-order chi connectivity index (χ0) is 9.52. The van der Waals surface area contributed by atoms with E-state index in [9.17, 15) is 4.39 Å². The molecule has 0 aromatic carbocycles. The molecule has 3 heteroatoms. The van der Waals surface area contributed by atoms with E-state index in [1.54, 1.807) is 6.20 Å². The van der Waals surface area contributed by atoms with Crippen molar-refractivity contribution in [1.82, 2.24) is 10.3 Å². The molecule has 0 spiro atoms. The molecule has 0 saturated heterocycles. The number of rotatable bonds is 4. The summed E-state index contributed by atoms with van der Waals surface area (Å²) in [5.41, 5.74) is 0.831. The summed E-state index contributed by atoms with van der Waals surface area (Å²) in [5.74, 6) is 2.20. The van der Waals surface area contributed by atoms with Gasteiger partial charge < -0.3 is 5.32 Å². The third-order valence-corrected chi connectivity index (χ3v) is 1.54. The first-order valence-corrected chi connectivity index (χ1v) is 4.06. The predicted molar refractivity (Wildman–Crippen MR) is 49.4 cm³/mol. The highest BCUT2D eigenvalue weighted by Crippen LogP contribution is 1.99. The van der Waals surface area contributed by atoms with Gasteiger partial charge in [0.15, 0.2) is 0 Å². The third-order valence-electron chi connectivity index (χ3n) is 1.54. The average Bonchev–Trinajstić information content (AvgIpc) is 2.13. The largest absolute Gasteiger partial charge is 0.312 e. The molecule has 1 N–H and O–H groups in total. The Balaban J connectivity index is 2.33. The van der Waals surface area contributed by atoms with Gasteiger partial charge in [-0.2, -0.15) is 0 Å². The van der Waals surface area contributed by atoms with Gasteiger partial charge in [-0.15, -0.1) is 12.3 Å². The molecule has 1 heterocycles. The van der Waals surface area contributed by atoms with E-state index in [4.69, 9.17) is 6.42 Å². The molecule has 0 bridgehead atoms. The summed E-state index contributed by atoms with van der Waals surface area (Å²) in [6.45, 7) is 1.35. The summed E-state index contributed by atoms with van der Waals surface area (Å²) in [7, 11) is 0. The van der Waals surface area contributed by atoms with Gasteiger partial charge in [0.2, 0.25) is 0 Å². The molecule has 0 unspecified atom stereocenters. The van der Waals surface area contributed by atoms with E-state index in [2.05, 4.69) is 16.2 Å². The molecule has 0 amide bonds. The van der Waals surface area contributed by atoms with Crippen LogP contribution in [0.15, 0.2) is 18.5 Å². The van der Waals surface area contributed by atoms with Crippen molar-refractivity contribution in [3.05, 3.63) is 29.8 Å². The fraction of sp³-hybridized carbons (Fsp3) is 0.300. The van der Waals surface area contributed by atoms with E-state index in [1.807, 2.05) is 0 Å². The normalized spacial score (nSPS) is 9.54. The highest BCUT2D eigenvalue weighted by atomic mass is 19.1. The second-order valence-electron chi connectivity index (χ2n) is 2.64. The van der Waals surface area contributed by atoms with Crippen LogP contribution in [0, 0.1) is 18.2 Å². The van der Waals surface area contributed by atoms with Crippen LogP contribution in [0.25, 0.3) is 0 Å². The molecular formula is C10H11FN2. The van der Waals surface area contributed by atoms with E-state index in [-0.39, 0.29) is 5.82 Å². The van der Waals surface area contributed by atoms with Crippen molar-refractivity contribution in [2.24, 2.45) is 0 Å². The van der Waals surface area contributed by atoms with Crippen molar-refractivity contribution < 1.29 is 4.39 Å². The van der Waals surface area contributed by atoms with Crippen LogP contribution in [-0.4, -0.2) is 11.5 Å². The molecule has 1 rings (SSSR count). The molecule has 1 aromatic rings.